The first kappa shape index (κ1) is 22.9. The largest absolute Gasteiger partial charge is 0.356 e. The smallest absolute Gasteiger partial charge is 0.220 e. The highest BCUT2D eigenvalue weighted by molar-refractivity contribution is 5.75. The molecule has 2 heteroatoms. The van der Waals surface area contributed by atoms with Crippen LogP contribution in [0.5, 0.6) is 0 Å². The number of carbonyl (C=O) groups excluding carboxylic acids is 1. The van der Waals surface area contributed by atoms with Gasteiger partial charge in [0.1, 0.15) is 0 Å². The number of rotatable bonds is 16. The Bertz CT molecular complexity index is 331. The standard InChI is InChI=1S/C22H41NO/c1-4-5-6-7-8-9-10-11-12-13-14-15-16-17-18-19-22(24)23-20-21(2)3/h8-9,11-12,21H,4-7,10,13-20H2,1-3H3,(H,23,24). The van der Waals surface area contributed by atoms with Gasteiger partial charge in [0.05, 0.1) is 0 Å². The molecule has 0 aromatic heterocycles. The second-order valence-corrected chi connectivity index (χ2v) is 7.18. The van der Waals surface area contributed by atoms with Gasteiger partial charge < -0.3 is 5.32 Å². The third kappa shape index (κ3) is 19.0. The molecular weight excluding hydrogens is 294 g/mol. The van der Waals surface area contributed by atoms with Crippen molar-refractivity contribution in [2.24, 2.45) is 5.92 Å². The topological polar surface area (TPSA) is 29.1 Å². The molecule has 140 valence electrons. The number of nitrogens with one attached hydrogen (secondary N) is 1. The van der Waals surface area contributed by atoms with E-state index in [9.17, 15) is 4.79 Å². The van der Waals surface area contributed by atoms with E-state index in [0.717, 1.165) is 19.4 Å². The lowest BCUT2D eigenvalue weighted by Gasteiger charge is -2.07. The summed E-state index contributed by atoms with van der Waals surface area (Å²) in [4.78, 5) is 11.6. The molecule has 24 heavy (non-hydrogen) atoms. The van der Waals surface area contributed by atoms with Crippen LogP contribution >= 0.6 is 0 Å². The molecule has 0 bridgehead atoms. The minimum atomic E-state index is 0.217. The number of unbranched alkanes of at least 4 members (excludes halogenated alkanes) is 8. The van der Waals surface area contributed by atoms with Crippen molar-refractivity contribution in [3.05, 3.63) is 24.3 Å². The van der Waals surface area contributed by atoms with Gasteiger partial charge in [-0.15, -0.1) is 0 Å². The van der Waals surface area contributed by atoms with Crippen LogP contribution in [0.3, 0.4) is 0 Å². The van der Waals surface area contributed by atoms with Crippen LogP contribution in [-0.4, -0.2) is 12.5 Å². The van der Waals surface area contributed by atoms with Crippen LogP contribution in [0.4, 0.5) is 0 Å². The van der Waals surface area contributed by atoms with Gasteiger partial charge >= 0.3 is 0 Å². The van der Waals surface area contributed by atoms with Gasteiger partial charge in [0.25, 0.3) is 0 Å². The van der Waals surface area contributed by atoms with Crippen LogP contribution < -0.4 is 5.32 Å². The van der Waals surface area contributed by atoms with Gasteiger partial charge in [0.15, 0.2) is 0 Å². The fourth-order valence-corrected chi connectivity index (χ4v) is 2.50. The third-order valence-electron chi connectivity index (χ3n) is 4.06. The number of allylic oxidation sites excluding steroid dienone is 4. The van der Waals surface area contributed by atoms with Gasteiger partial charge in [-0.3, -0.25) is 4.79 Å². The van der Waals surface area contributed by atoms with Crippen molar-refractivity contribution < 1.29 is 4.79 Å². The Morgan fingerprint density at radius 2 is 1.42 bits per heavy atom. The van der Waals surface area contributed by atoms with Crippen LogP contribution in [0, 0.1) is 5.92 Å². The molecule has 0 aromatic carbocycles. The summed E-state index contributed by atoms with van der Waals surface area (Å²) in [6.45, 7) is 7.30. The second-order valence-electron chi connectivity index (χ2n) is 7.18. The first-order valence-corrected chi connectivity index (χ1v) is 10.2. The molecule has 0 saturated heterocycles. The van der Waals surface area contributed by atoms with E-state index in [4.69, 9.17) is 0 Å². The maximum absolute atomic E-state index is 11.6. The van der Waals surface area contributed by atoms with Gasteiger partial charge in [-0.2, -0.15) is 0 Å². The van der Waals surface area contributed by atoms with Crippen molar-refractivity contribution in [3.8, 4) is 0 Å². The SMILES string of the molecule is CCCCCC=CCC=CCCCCCCCC(=O)NCC(C)C. The first-order chi connectivity index (χ1) is 11.7. The summed E-state index contributed by atoms with van der Waals surface area (Å²) in [5, 5.41) is 2.98. The molecule has 0 rings (SSSR count). The van der Waals surface area contributed by atoms with Crippen molar-refractivity contribution >= 4 is 5.91 Å². The highest BCUT2D eigenvalue weighted by Gasteiger charge is 2.01. The summed E-state index contributed by atoms with van der Waals surface area (Å²) < 4.78 is 0. The maximum atomic E-state index is 11.6. The molecule has 0 fully saturated rings. The lowest BCUT2D eigenvalue weighted by molar-refractivity contribution is -0.121. The van der Waals surface area contributed by atoms with E-state index in [1.807, 2.05) is 0 Å². The Balaban J connectivity index is 3.27. The maximum Gasteiger partial charge on any atom is 0.220 e. The molecule has 1 N–H and O–H groups in total. The van der Waals surface area contributed by atoms with E-state index in [2.05, 4.69) is 50.4 Å². The monoisotopic (exact) mass is 335 g/mol. The Kier molecular flexibility index (Phi) is 17.5. The fraction of sp³-hybridized carbons (Fsp3) is 0.773. The lowest BCUT2D eigenvalue weighted by Crippen LogP contribution is -2.26. The fourth-order valence-electron chi connectivity index (χ4n) is 2.50. The molecule has 0 aliphatic carbocycles. The lowest BCUT2D eigenvalue weighted by atomic mass is 10.1. The van der Waals surface area contributed by atoms with Gasteiger partial charge in [-0.05, 0) is 44.4 Å². The van der Waals surface area contributed by atoms with Crippen molar-refractivity contribution in [2.75, 3.05) is 6.54 Å². The zero-order chi connectivity index (χ0) is 17.9. The molecule has 0 heterocycles. The van der Waals surface area contributed by atoms with Crippen LogP contribution in [0.1, 0.15) is 97.8 Å². The molecule has 0 unspecified atom stereocenters. The molecule has 0 aliphatic heterocycles. The van der Waals surface area contributed by atoms with E-state index in [1.165, 1.54) is 57.8 Å². The number of hydrogen-bond donors (Lipinski definition) is 1. The average molecular weight is 336 g/mol. The highest BCUT2D eigenvalue weighted by Crippen LogP contribution is 2.08. The second kappa shape index (κ2) is 18.3. The Morgan fingerprint density at radius 3 is 2.04 bits per heavy atom. The van der Waals surface area contributed by atoms with Gasteiger partial charge in [0, 0.05) is 13.0 Å². The molecule has 0 spiro atoms. The predicted molar refractivity (Wildman–Crippen MR) is 107 cm³/mol. The summed E-state index contributed by atoms with van der Waals surface area (Å²) in [5.41, 5.74) is 0. The minimum Gasteiger partial charge on any atom is -0.356 e. The summed E-state index contributed by atoms with van der Waals surface area (Å²) >= 11 is 0. The van der Waals surface area contributed by atoms with Crippen LogP contribution in [0.15, 0.2) is 24.3 Å². The molecule has 0 aromatic rings. The molecule has 0 aliphatic rings. The van der Waals surface area contributed by atoms with E-state index >= 15 is 0 Å². The molecule has 1 amide bonds. The Hall–Kier alpha value is -1.05. The van der Waals surface area contributed by atoms with Crippen molar-refractivity contribution in [1.82, 2.24) is 5.32 Å². The molecular formula is C22H41NO. The van der Waals surface area contributed by atoms with Gasteiger partial charge in [0.2, 0.25) is 5.91 Å². The average Bonchev–Trinajstić information content (AvgIpc) is 2.56. The number of hydrogen-bond acceptors (Lipinski definition) is 1. The molecule has 0 atom stereocenters. The summed E-state index contributed by atoms with van der Waals surface area (Å²) in [6.07, 6.45) is 23.4. The predicted octanol–water partition coefficient (Wildman–Crippen LogP) is 6.57. The Morgan fingerprint density at radius 1 is 0.833 bits per heavy atom. The van der Waals surface area contributed by atoms with E-state index in [-0.39, 0.29) is 5.91 Å². The van der Waals surface area contributed by atoms with Crippen LogP contribution in [0.25, 0.3) is 0 Å². The minimum absolute atomic E-state index is 0.217. The normalized spacial score (nSPS) is 11.8. The zero-order valence-electron chi connectivity index (χ0n) is 16.5. The van der Waals surface area contributed by atoms with Crippen molar-refractivity contribution in [2.45, 2.75) is 97.8 Å². The molecule has 2 nitrogen and oxygen atoms in total. The van der Waals surface area contributed by atoms with Crippen LogP contribution in [-0.2, 0) is 4.79 Å². The van der Waals surface area contributed by atoms with Crippen molar-refractivity contribution in [1.29, 1.82) is 0 Å². The molecule has 0 radical (unpaired) electrons. The summed E-state index contributed by atoms with van der Waals surface area (Å²) in [5.74, 6) is 0.757. The Labute approximate surface area is 151 Å². The zero-order valence-corrected chi connectivity index (χ0v) is 16.5. The van der Waals surface area contributed by atoms with Crippen LogP contribution in [0.2, 0.25) is 0 Å². The quantitative estimate of drug-likeness (QED) is 0.251. The third-order valence-corrected chi connectivity index (χ3v) is 4.06. The van der Waals surface area contributed by atoms with Crippen molar-refractivity contribution in [3.63, 3.8) is 0 Å². The summed E-state index contributed by atoms with van der Waals surface area (Å²) in [7, 11) is 0. The molecule has 0 saturated carbocycles. The van der Waals surface area contributed by atoms with E-state index in [1.54, 1.807) is 0 Å². The first-order valence-electron chi connectivity index (χ1n) is 10.2. The number of amides is 1. The van der Waals surface area contributed by atoms with Gasteiger partial charge in [-0.25, -0.2) is 0 Å². The van der Waals surface area contributed by atoms with E-state index < -0.39 is 0 Å². The summed E-state index contributed by atoms with van der Waals surface area (Å²) in [6, 6.07) is 0. The van der Waals surface area contributed by atoms with Gasteiger partial charge in [-0.1, -0.05) is 77.2 Å². The highest BCUT2D eigenvalue weighted by atomic mass is 16.1. The van der Waals surface area contributed by atoms with E-state index in [0.29, 0.717) is 12.3 Å². The number of carbonyl (C=O) groups is 1.